The maximum Gasteiger partial charge on any atom is 0.239 e. The lowest BCUT2D eigenvalue weighted by Crippen LogP contribution is -2.52. The van der Waals surface area contributed by atoms with Gasteiger partial charge in [0.1, 0.15) is 0 Å². The molecule has 0 aromatic rings. The number of likely N-dealkylation sites (tertiary alicyclic amines) is 1. The predicted octanol–water partition coefficient (Wildman–Crippen LogP) is 2.30. The molecule has 2 fully saturated rings. The van der Waals surface area contributed by atoms with E-state index in [0.717, 1.165) is 32.7 Å². The number of amides is 1. The monoisotopic (exact) mass is 309 g/mol. The molecule has 0 aromatic heterocycles. The zero-order valence-electron chi connectivity index (χ0n) is 15.1. The molecule has 0 spiro atoms. The first-order valence-corrected chi connectivity index (χ1v) is 9.26. The summed E-state index contributed by atoms with van der Waals surface area (Å²) >= 11 is 0. The topological polar surface area (TPSA) is 26.8 Å². The molecule has 0 aromatic carbocycles. The molecular weight excluding hydrogens is 274 g/mol. The summed E-state index contributed by atoms with van der Waals surface area (Å²) in [5, 5.41) is 0. The highest BCUT2D eigenvalue weighted by molar-refractivity contribution is 5.81. The molecule has 3 atom stereocenters. The molecule has 0 N–H and O–H groups in total. The van der Waals surface area contributed by atoms with Crippen molar-refractivity contribution >= 4 is 5.91 Å². The second kappa shape index (κ2) is 8.30. The fourth-order valence-electron chi connectivity index (χ4n) is 4.18. The van der Waals surface area contributed by atoms with Crippen LogP contribution in [0, 0.1) is 11.8 Å². The van der Waals surface area contributed by atoms with E-state index < -0.39 is 0 Å². The molecule has 0 saturated carbocycles. The zero-order valence-corrected chi connectivity index (χ0v) is 15.1. The van der Waals surface area contributed by atoms with Crippen LogP contribution in [0.1, 0.15) is 47.0 Å². The van der Waals surface area contributed by atoms with Crippen molar-refractivity contribution in [1.82, 2.24) is 14.7 Å². The molecule has 4 nitrogen and oxygen atoms in total. The minimum absolute atomic E-state index is 0.0408. The van der Waals surface area contributed by atoms with Crippen LogP contribution in [0.4, 0.5) is 0 Å². The molecule has 22 heavy (non-hydrogen) atoms. The molecule has 1 amide bonds. The number of carbonyl (C=O) groups is 1. The van der Waals surface area contributed by atoms with Crippen LogP contribution in [0.5, 0.6) is 0 Å². The highest BCUT2D eigenvalue weighted by atomic mass is 16.2. The summed E-state index contributed by atoms with van der Waals surface area (Å²) in [6.45, 7) is 16.4. The van der Waals surface area contributed by atoms with Gasteiger partial charge in [-0.25, -0.2) is 0 Å². The number of nitrogens with zero attached hydrogens (tertiary/aromatic N) is 3. The Balaban J connectivity index is 1.89. The van der Waals surface area contributed by atoms with Gasteiger partial charge in [0, 0.05) is 32.7 Å². The minimum atomic E-state index is 0.0408. The SMILES string of the molecule is CCCN1CCCN([C@H](C)C(=O)N2C[C@@H](C)C[C@H](C)C2)CC1. The van der Waals surface area contributed by atoms with Gasteiger partial charge >= 0.3 is 0 Å². The highest BCUT2D eigenvalue weighted by Crippen LogP contribution is 2.22. The first-order valence-electron chi connectivity index (χ1n) is 9.26. The Morgan fingerprint density at radius 3 is 2.41 bits per heavy atom. The van der Waals surface area contributed by atoms with Crippen molar-refractivity contribution in [2.24, 2.45) is 11.8 Å². The number of carbonyl (C=O) groups excluding carboxylic acids is 1. The summed E-state index contributed by atoms with van der Waals surface area (Å²) in [5.74, 6) is 1.63. The summed E-state index contributed by atoms with van der Waals surface area (Å²) in [6, 6.07) is 0.0408. The smallest absolute Gasteiger partial charge is 0.239 e. The van der Waals surface area contributed by atoms with Crippen molar-refractivity contribution in [3.63, 3.8) is 0 Å². The van der Waals surface area contributed by atoms with Crippen LogP contribution in [0.3, 0.4) is 0 Å². The molecule has 2 saturated heterocycles. The maximum atomic E-state index is 12.9. The van der Waals surface area contributed by atoms with Crippen LogP contribution < -0.4 is 0 Å². The quantitative estimate of drug-likeness (QED) is 0.797. The van der Waals surface area contributed by atoms with Crippen LogP contribution in [-0.4, -0.2) is 72.5 Å². The van der Waals surface area contributed by atoms with Crippen molar-refractivity contribution in [2.45, 2.75) is 53.0 Å². The van der Waals surface area contributed by atoms with Gasteiger partial charge in [0.05, 0.1) is 6.04 Å². The standard InChI is InChI=1S/C18H35N3O/c1-5-7-19-8-6-9-20(11-10-19)17(4)18(22)21-13-15(2)12-16(3)14-21/h15-17H,5-14H2,1-4H3/t15-,16-,17+/m0/s1. The molecule has 2 aliphatic rings. The van der Waals surface area contributed by atoms with Crippen molar-refractivity contribution in [1.29, 1.82) is 0 Å². The lowest BCUT2D eigenvalue weighted by atomic mass is 9.91. The molecular formula is C18H35N3O. The Hall–Kier alpha value is -0.610. The number of hydrogen-bond acceptors (Lipinski definition) is 3. The van der Waals surface area contributed by atoms with Crippen molar-refractivity contribution < 1.29 is 4.79 Å². The third kappa shape index (κ3) is 4.69. The van der Waals surface area contributed by atoms with Crippen LogP contribution in [-0.2, 0) is 4.79 Å². The van der Waals surface area contributed by atoms with E-state index in [4.69, 9.17) is 0 Å². The molecule has 0 radical (unpaired) electrons. The minimum Gasteiger partial charge on any atom is -0.341 e. The lowest BCUT2D eigenvalue weighted by Gasteiger charge is -2.38. The molecule has 4 heteroatoms. The Labute approximate surface area is 136 Å². The van der Waals surface area contributed by atoms with E-state index in [2.05, 4.69) is 42.4 Å². The number of hydrogen-bond donors (Lipinski definition) is 0. The Kier molecular flexibility index (Phi) is 6.69. The normalized spacial score (nSPS) is 30.1. The Morgan fingerprint density at radius 2 is 1.77 bits per heavy atom. The summed E-state index contributed by atoms with van der Waals surface area (Å²) in [5.41, 5.74) is 0. The van der Waals surface area contributed by atoms with E-state index in [-0.39, 0.29) is 6.04 Å². The van der Waals surface area contributed by atoms with E-state index in [9.17, 15) is 4.79 Å². The summed E-state index contributed by atoms with van der Waals surface area (Å²) in [4.78, 5) is 20.0. The summed E-state index contributed by atoms with van der Waals surface area (Å²) in [6.07, 6.45) is 3.66. The van der Waals surface area contributed by atoms with Crippen molar-refractivity contribution in [3.05, 3.63) is 0 Å². The van der Waals surface area contributed by atoms with Gasteiger partial charge in [-0.1, -0.05) is 20.8 Å². The fraction of sp³-hybridized carbons (Fsp3) is 0.944. The van der Waals surface area contributed by atoms with E-state index in [1.165, 1.54) is 32.4 Å². The zero-order chi connectivity index (χ0) is 16.1. The molecule has 0 bridgehead atoms. The van der Waals surface area contributed by atoms with E-state index >= 15 is 0 Å². The summed E-state index contributed by atoms with van der Waals surface area (Å²) < 4.78 is 0. The molecule has 0 aliphatic carbocycles. The first kappa shape index (κ1) is 17.7. The van der Waals surface area contributed by atoms with Gasteiger partial charge in [-0.2, -0.15) is 0 Å². The van der Waals surface area contributed by atoms with Gasteiger partial charge in [-0.3, -0.25) is 9.69 Å². The highest BCUT2D eigenvalue weighted by Gasteiger charge is 2.31. The Bertz CT molecular complexity index is 350. The predicted molar refractivity (Wildman–Crippen MR) is 91.9 cm³/mol. The van der Waals surface area contributed by atoms with Crippen LogP contribution in [0.15, 0.2) is 0 Å². The maximum absolute atomic E-state index is 12.9. The van der Waals surface area contributed by atoms with Crippen LogP contribution in [0.25, 0.3) is 0 Å². The van der Waals surface area contributed by atoms with E-state index in [1.54, 1.807) is 0 Å². The lowest BCUT2D eigenvalue weighted by molar-refractivity contribution is -0.139. The van der Waals surface area contributed by atoms with Gasteiger partial charge in [0.25, 0.3) is 0 Å². The van der Waals surface area contributed by atoms with E-state index in [1.807, 2.05) is 0 Å². The van der Waals surface area contributed by atoms with Gasteiger partial charge in [0.15, 0.2) is 0 Å². The first-order chi connectivity index (χ1) is 10.5. The number of rotatable bonds is 4. The third-order valence-corrected chi connectivity index (χ3v) is 5.25. The second-order valence-corrected chi connectivity index (χ2v) is 7.60. The van der Waals surface area contributed by atoms with Gasteiger partial charge in [-0.05, 0) is 51.1 Å². The Morgan fingerprint density at radius 1 is 1.09 bits per heavy atom. The third-order valence-electron chi connectivity index (χ3n) is 5.25. The molecule has 2 rings (SSSR count). The van der Waals surface area contributed by atoms with Gasteiger partial charge < -0.3 is 9.80 Å². The fourth-order valence-corrected chi connectivity index (χ4v) is 4.18. The largest absolute Gasteiger partial charge is 0.341 e. The average Bonchev–Trinajstić information content (AvgIpc) is 2.71. The van der Waals surface area contributed by atoms with Crippen molar-refractivity contribution in [2.75, 3.05) is 45.8 Å². The van der Waals surface area contributed by atoms with Gasteiger partial charge in [0.2, 0.25) is 5.91 Å². The molecule has 0 unspecified atom stereocenters. The second-order valence-electron chi connectivity index (χ2n) is 7.60. The van der Waals surface area contributed by atoms with Crippen LogP contribution in [0.2, 0.25) is 0 Å². The summed E-state index contributed by atoms with van der Waals surface area (Å²) in [7, 11) is 0. The number of piperidine rings is 1. The van der Waals surface area contributed by atoms with Gasteiger partial charge in [-0.15, -0.1) is 0 Å². The van der Waals surface area contributed by atoms with Crippen LogP contribution >= 0.6 is 0 Å². The molecule has 2 aliphatic heterocycles. The molecule has 128 valence electrons. The van der Waals surface area contributed by atoms with E-state index in [0.29, 0.717) is 17.7 Å². The van der Waals surface area contributed by atoms with Crippen molar-refractivity contribution in [3.8, 4) is 0 Å². The average molecular weight is 309 g/mol. The molecule has 2 heterocycles.